The van der Waals surface area contributed by atoms with Gasteiger partial charge in [-0.2, -0.15) is 0 Å². The normalized spacial score (nSPS) is 11.6. The molecule has 0 bridgehead atoms. The molecule has 0 radical (unpaired) electrons. The van der Waals surface area contributed by atoms with Crippen LogP contribution in [0, 0.1) is 0 Å². The van der Waals surface area contributed by atoms with E-state index in [0.717, 1.165) is 11.1 Å². The number of hydrogen-bond donors (Lipinski definition) is 2. The molecule has 10 heteroatoms. The molecule has 34 heavy (non-hydrogen) atoms. The number of benzene rings is 2. The molecule has 2 heterocycles. The zero-order chi connectivity index (χ0) is 23.8. The number of nitrogens with one attached hydrogen (secondary N) is 1. The summed E-state index contributed by atoms with van der Waals surface area (Å²) in [7, 11) is 1.58. The molecular weight excluding hydrogens is 434 g/mol. The Bertz CT molecular complexity index is 1190. The smallest absolute Gasteiger partial charge is 0.224 e. The van der Waals surface area contributed by atoms with Gasteiger partial charge in [0, 0.05) is 36.5 Å². The topological polar surface area (TPSA) is 122 Å². The molecule has 2 aromatic carbocycles. The Balaban J connectivity index is 1.50. The highest BCUT2D eigenvalue weighted by Gasteiger charge is 2.15. The van der Waals surface area contributed by atoms with Crippen LogP contribution in [-0.4, -0.2) is 38.7 Å². The van der Waals surface area contributed by atoms with Crippen LogP contribution in [0.1, 0.15) is 24.1 Å². The summed E-state index contributed by atoms with van der Waals surface area (Å²) in [4.78, 5) is 8.57. The Kier molecular flexibility index (Phi) is 7.51. The summed E-state index contributed by atoms with van der Waals surface area (Å²) in [5.41, 5.74) is 7.87. The molecule has 4 aromatic rings. The zero-order valence-corrected chi connectivity index (χ0v) is 19.1. The van der Waals surface area contributed by atoms with E-state index in [2.05, 4.69) is 44.7 Å². The van der Waals surface area contributed by atoms with Gasteiger partial charge < -0.3 is 25.3 Å². The quantitative estimate of drug-likeness (QED) is 0.345. The summed E-state index contributed by atoms with van der Waals surface area (Å²) in [6.07, 6.45) is 4.84. The summed E-state index contributed by atoms with van der Waals surface area (Å²) in [6.45, 7) is 3.24. The van der Waals surface area contributed by atoms with Gasteiger partial charge in [-0.1, -0.05) is 35.5 Å². The monoisotopic (exact) mass is 461 g/mol. The van der Waals surface area contributed by atoms with Crippen LogP contribution >= 0.6 is 0 Å². The standard InChI is InChI=1S/C24H27N7O3/c1-17(18-6-4-3-5-7-18)29-23-14-24(27-16-26-23)34-20-13-22(21(32-2)12-19(20)15-25)33-11-10-31-9-8-28-30-31/h3-9,12-14,16-17H,10-11,15,25H2,1-2H3,(H,26,27,29). The largest absolute Gasteiger partial charge is 0.493 e. The van der Waals surface area contributed by atoms with E-state index in [1.807, 2.05) is 18.2 Å². The Labute approximate surface area is 197 Å². The number of anilines is 1. The fourth-order valence-corrected chi connectivity index (χ4v) is 3.35. The van der Waals surface area contributed by atoms with Crippen molar-refractivity contribution in [2.75, 3.05) is 19.0 Å². The second-order valence-electron chi connectivity index (χ2n) is 7.45. The van der Waals surface area contributed by atoms with Crippen LogP contribution in [0.5, 0.6) is 23.1 Å². The maximum absolute atomic E-state index is 6.09. The summed E-state index contributed by atoms with van der Waals surface area (Å²) >= 11 is 0. The lowest BCUT2D eigenvalue weighted by atomic mass is 10.1. The molecular formula is C24H27N7O3. The molecule has 0 spiro atoms. The molecule has 3 N–H and O–H groups in total. The molecule has 10 nitrogen and oxygen atoms in total. The third kappa shape index (κ3) is 5.78. The first-order valence-electron chi connectivity index (χ1n) is 10.9. The van der Waals surface area contributed by atoms with Crippen molar-refractivity contribution in [1.29, 1.82) is 0 Å². The fourth-order valence-electron chi connectivity index (χ4n) is 3.35. The lowest BCUT2D eigenvalue weighted by Crippen LogP contribution is -2.10. The van der Waals surface area contributed by atoms with E-state index in [-0.39, 0.29) is 12.6 Å². The van der Waals surface area contributed by atoms with Gasteiger partial charge in [0.15, 0.2) is 11.5 Å². The van der Waals surface area contributed by atoms with Crippen molar-refractivity contribution in [1.82, 2.24) is 25.0 Å². The average molecular weight is 462 g/mol. The van der Waals surface area contributed by atoms with Crippen molar-refractivity contribution >= 4 is 5.82 Å². The SMILES string of the molecule is COc1cc(CN)c(Oc2cc(NC(C)c3ccccc3)ncn2)cc1OCCn1ccnn1. The van der Waals surface area contributed by atoms with Crippen molar-refractivity contribution in [2.45, 2.75) is 26.1 Å². The van der Waals surface area contributed by atoms with Gasteiger partial charge in [0.05, 0.1) is 19.9 Å². The first kappa shape index (κ1) is 23.0. The van der Waals surface area contributed by atoms with Crippen molar-refractivity contribution in [3.05, 3.63) is 78.4 Å². The maximum Gasteiger partial charge on any atom is 0.224 e. The fraction of sp³-hybridized carbons (Fsp3) is 0.250. The minimum absolute atomic E-state index is 0.0644. The molecule has 0 aliphatic rings. The molecule has 1 atom stereocenters. The third-order valence-corrected chi connectivity index (χ3v) is 5.14. The van der Waals surface area contributed by atoms with E-state index in [4.69, 9.17) is 19.9 Å². The molecule has 4 rings (SSSR count). The minimum Gasteiger partial charge on any atom is -0.493 e. The molecule has 1 unspecified atom stereocenters. The van der Waals surface area contributed by atoms with Gasteiger partial charge in [-0.25, -0.2) is 14.6 Å². The molecule has 0 amide bonds. The molecule has 2 aromatic heterocycles. The number of nitrogens with two attached hydrogens (primary N) is 1. The van der Waals surface area contributed by atoms with E-state index in [1.165, 1.54) is 6.33 Å². The molecule has 0 aliphatic heterocycles. The van der Waals surface area contributed by atoms with Crippen LogP contribution in [0.2, 0.25) is 0 Å². The van der Waals surface area contributed by atoms with Gasteiger partial charge in [0.25, 0.3) is 0 Å². The number of aromatic nitrogens is 5. The highest BCUT2D eigenvalue weighted by Crippen LogP contribution is 2.37. The first-order chi connectivity index (χ1) is 16.7. The predicted molar refractivity (Wildman–Crippen MR) is 127 cm³/mol. The lowest BCUT2D eigenvalue weighted by Gasteiger charge is -2.17. The van der Waals surface area contributed by atoms with E-state index in [1.54, 1.807) is 42.4 Å². The van der Waals surface area contributed by atoms with Crippen LogP contribution in [0.25, 0.3) is 0 Å². The number of ether oxygens (including phenoxy) is 3. The zero-order valence-electron chi connectivity index (χ0n) is 19.1. The maximum atomic E-state index is 6.09. The molecule has 0 aliphatic carbocycles. The second-order valence-corrected chi connectivity index (χ2v) is 7.45. The molecule has 0 fully saturated rings. The third-order valence-electron chi connectivity index (χ3n) is 5.14. The highest BCUT2D eigenvalue weighted by atomic mass is 16.5. The van der Waals surface area contributed by atoms with Gasteiger partial charge in [-0.05, 0) is 18.6 Å². The van der Waals surface area contributed by atoms with Gasteiger partial charge in [0.2, 0.25) is 5.88 Å². The molecule has 0 saturated heterocycles. The summed E-state index contributed by atoms with van der Waals surface area (Å²) in [5, 5.41) is 11.1. The van der Waals surface area contributed by atoms with E-state index in [0.29, 0.717) is 42.1 Å². The Morgan fingerprint density at radius 2 is 1.91 bits per heavy atom. The Morgan fingerprint density at radius 3 is 2.65 bits per heavy atom. The van der Waals surface area contributed by atoms with Crippen LogP contribution in [0.4, 0.5) is 5.82 Å². The lowest BCUT2D eigenvalue weighted by molar-refractivity contribution is 0.271. The van der Waals surface area contributed by atoms with Crippen LogP contribution in [0.3, 0.4) is 0 Å². The number of rotatable bonds is 11. The van der Waals surface area contributed by atoms with Gasteiger partial charge >= 0.3 is 0 Å². The predicted octanol–water partition coefficient (Wildman–Crippen LogP) is 3.58. The van der Waals surface area contributed by atoms with Crippen LogP contribution in [0.15, 0.2) is 67.3 Å². The Hall–Kier alpha value is -4.18. The van der Waals surface area contributed by atoms with Crippen molar-refractivity contribution in [3.63, 3.8) is 0 Å². The van der Waals surface area contributed by atoms with Gasteiger partial charge in [-0.3, -0.25) is 0 Å². The first-order valence-corrected chi connectivity index (χ1v) is 10.9. The van der Waals surface area contributed by atoms with Gasteiger partial charge in [-0.15, -0.1) is 5.10 Å². The molecule has 176 valence electrons. The van der Waals surface area contributed by atoms with Crippen molar-refractivity contribution in [3.8, 4) is 23.1 Å². The second kappa shape index (κ2) is 11.1. The van der Waals surface area contributed by atoms with E-state index in [9.17, 15) is 0 Å². The summed E-state index contributed by atoms with van der Waals surface area (Å²) < 4.78 is 19.2. The van der Waals surface area contributed by atoms with Crippen molar-refractivity contribution < 1.29 is 14.2 Å². The Morgan fingerprint density at radius 1 is 1.06 bits per heavy atom. The summed E-state index contributed by atoms with van der Waals surface area (Å²) in [5.74, 6) is 2.65. The van der Waals surface area contributed by atoms with Crippen LogP contribution < -0.4 is 25.3 Å². The van der Waals surface area contributed by atoms with Gasteiger partial charge in [0.1, 0.15) is 24.5 Å². The average Bonchev–Trinajstić information content (AvgIpc) is 3.38. The number of methoxy groups -OCH3 is 1. The summed E-state index contributed by atoms with van der Waals surface area (Å²) in [6, 6.07) is 15.5. The number of nitrogens with zero attached hydrogens (tertiary/aromatic N) is 5. The minimum atomic E-state index is 0.0644. The van der Waals surface area contributed by atoms with Crippen LogP contribution in [-0.2, 0) is 13.1 Å². The van der Waals surface area contributed by atoms with E-state index >= 15 is 0 Å². The van der Waals surface area contributed by atoms with Crippen molar-refractivity contribution in [2.24, 2.45) is 5.73 Å². The molecule has 0 saturated carbocycles. The number of hydrogen-bond acceptors (Lipinski definition) is 9. The highest BCUT2D eigenvalue weighted by molar-refractivity contribution is 5.52. The van der Waals surface area contributed by atoms with E-state index < -0.39 is 0 Å².